The SMILES string of the molecule is CCc1cccc2sc(N(Cc3ccccc3)C(=O)Cc3cccc4ccccc34)nc12. The molecular formula is C28H24N2OS. The number of aromatic nitrogens is 1. The van der Waals surface area contributed by atoms with Gasteiger partial charge in [0.15, 0.2) is 5.13 Å². The highest BCUT2D eigenvalue weighted by Gasteiger charge is 2.22. The maximum absolute atomic E-state index is 13.7. The second-order valence-corrected chi connectivity index (χ2v) is 8.90. The van der Waals surface area contributed by atoms with Crippen LogP contribution in [-0.4, -0.2) is 10.9 Å². The molecule has 0 aliphatic rings. The minimum Gasteiger partial charge on any atom is -0.283 e. The highest BCUT2D eigenvalue weighted by Crippen LogP contribution is 2.32. The standard InChI is InChI=1S/C28H24N2OS/c1-2-21-13-9-17-25-27(21)29-28(32-25)30(19-20-10-4-3-5-11-20)26(31)18-23-15-8-14-22-12-6-7-16-24(22)23/h3-17H,2,18-19H2,1H3. The van der Waals surface area contributed by atoms with Crippen LogP contribution in [0.4, 0.5) is 5.13 Å². The number of carbonyl (C=O) groups is 1. The smallest absolute Gasteiger partial charge is 0.233 e. The van der Waals surface area contributed by atoms with Gasteiger partial charge in [-0.15, -0.1) is 0 Å². The normalized spacial score (nSPS) is 11.2. The number of hydrogen-bond donors (Lipinski definition) is 0. The number of carbonyl (C=O) groups excluding carboxylic acids is 1. The van der Waals surface area contributed by atoms with Crippen LogP contribution in [0.15, 0.2) is 91.0 Å². The number of nitrogens with zero attached hydrogens (tertiary/aromatic N) is 2. The number of rotatable bonds is 6. The number of anilines is 1. The molecule has 32 heavy (non-hydrogen) atoms. The Labute approximate surface area is 192 Å². The number of para-hydroxylation sites is 1. The van der Waals surface area contributed by atoms with E-state index < -0.39 is 0 Å². The van der Waals surface area contributed by atoms with Crippen molar-refractivity contribution in [3.8, 4) is 0 Å². The molecule has 0 N–H and O–H groups in total. The lowest BCUT2D eigenvalue weighted by Crippen LogP contribution is -2.31. The van der Waals surface area contributed by atoms with E-state index in [1.165, 1.54) is 5.56 Å². The Bertz CT molecular complexity index is 1390. The first-order chi connectivity index (χ1) is 15.7. The third-order valence-electron chi connectivity index (χ3n) is 5.81. The number of benzene rings is 4. The molecule has 0 bridgehead atoms. The molecule has 0 radical (unpaired) electrons. The first-order valence-electron chi connectivity index (χ1n) is 10.9. The van der Waals surface area contributed by atoms with Crippen LogP contribution >= 0.6 is 11.3 Å². The molecule has 0 unspecified atom stereocenters. The van der Waals surface area contributed by atoms with Gasteiger partial charge in [-0.05, 0) is 39.9 Å². The molecule has 158 valence electrons. The maximum Gasteiger partial charge on any atom is 0.233 e. The van der Waals surface area contributed by atoms with Crippen LogP contribution < -0.4 is 4.90 Å². The molecule has 1 amide bonds. The predicted molar refractivity (Wildman–Crippen MR) is 134 cm³/mol. The third kappa shape index (κ3) is 4.02. The molecule has 4 heteroatoms. The van der Waals surface area contributed by atoms with Gasteiger partial charge in [-0.2, -0.15) is 0 Å². The van der Waals surface area contributed by atoms with Crippen LogP contribution in [0, 0.1) is 0 Å². The van der Waals surface area contributed by atoms with Gasteiger partial charge in [0.05, 0.1) is 23.2 Å². The first kappa shape index (κ1) is 20.4. The monoisotopic (exact) mass is 436 g/mol. The van der Waals surface area contributed by atoms with E-state index in [4.69, 9.17) is 4.98 Å². The van der Waals surface area contributed by atoms with Gasteiger partial charge in [0.1, 0.15) is 0 Å². The molecule has 3 nitrogen and oxygen atoms in total. The summed E-state index contributed by atoms with van der Waals surface area (Å²) < 4.78 is 1.12. The van der Waals surface area contributed by atoms with Crippen LogP contribution in [0.1, 0.15) is 23.6 Å². The third-order valence-corrected chi connectivity index (χ3v) is 6.85. The summed E-state index contributed by atoms with van der Waals surface area (Å²) in [6.45, 7) is 2.65. The molecule has 4 aromatic carbocycles. The van der Waals surface area contributed by atoms with Gasteiger partial charge in [-0.25, -0.2) is 4.98 Å². The summed E-state index contributed by atoms with van der Waals surface area (Å²) in [6.07, 6.45) is 1.26. The van der Waals surface area contributed by atoms with Crippen molar-refractivity contribution >= 4 is 43.4 Å². The topological polar surface area (TPSA) is 33.2 Å². The number of aryl methyl sites for hydroxylation is 1. The van der Waals surface area contributed by atoms with E-state index in [9.17, 15) is 4.79 Å². The van der Waals surface area contributed by atoms with Crippen LogP contribution in [0.25, 0.3) is 21.0 Å². The van der Waals surface area contributed by atoms with E-state index in [0.717, 1.165) is 43.7 Å². The molecule has 0 saturated heterocycles. The van der Waals surface area contributed by atoms with Gasteiger partial charge in [0.25, 0.3) is 0 Å². The summed E-state index contributed by atoms with van der Waals surface area (Å²) in [5.74, 6) is 0.0577. The molecule has 0 fully saturated rings. The number of amides is 1. The molecule has 0 aliphatic heterocycles. The van der Waals surface area contributed by atoms with E-state index in [0.29, 0.717) is 13.0 Å². The van der Waals surface area contributed by atoms with Crippen molar-refractivity contribution in [3.63, 3.8) is 0 Å². The fraction of sp³-hybridized carbons (Fsp3) is 0.143. The van der Waals surface area contributed by atoms with Gasteiger partial charge in [-0.3, -0.25) is 9.69 Å². The molecule has 0 aliphatic carbocycles. The molecule has 5 rings (SSSR count). The number of hydrogen-bond acceptors (Lipinski definition) is 3. The summed E-state index contributed by atoms with van der Waals surface area (Å²) in [5.41, 5.74) is 4.35. The molecule has 0 atom stereocenters. The largest absolute Gasteiger partial charge is 0.283 e. The lowest BCUT2D eigenvalue weighted by Gasteiger charge is -2.20. The lowest BCUT2D eigenvalue weighted by atomic mass is 10.0. The Kier molecular flexibility index (Phi) is 5.70. The zero-order valence-corrected chi connectivity index (χ0v) is 18.8. The molecule has 0 saturated carbocycles. The molecule has 0 spiro atoms. The zero-order chi connectivity index (χ0) is 21.9. The Hall–Kier alpha value is -3.50. The van der Waals surface area contributed by atoms with E-state index in [1.807, 2.05) is 41.3 Å². The van der Waals surface area contributed by atoms with E-state index in [1.54, 1.807) is 11.3 Å². The van der Waals surface area contributed by atoms with Gasteiger partial charge < -0.3 is 0 Å². The fourth-order valence-electron chi connectivity index (χ4n) is 4.13. The number of thiazole rings is 1. The van der Waals surface area contributed by atoms with Crippen molar-refractivity contribution in [1.29, 1.82) is 0 Å². The predicted octanol–water partition coefficient (Wildman–Crippen LogP) is 6.79. The van der Waals surface area contributed by atoms with Crippen molar-refractivity contribution in [2.45, 2.75) is 26.3 Å². The van der Waals surface area contributed by atoms with E-state index >= 15 is 0 Å². The molecule has 1 heterocycles. The second-order valence-electron chi connectivity index (χ2n) is 7.89. The van der Waals surface area contributed by atoms with E-state index in [2.05, 4.69) is 61.5 Å². The summed E-state index contributed by atoms with van der Waals surface area (Å²) in [6, 6.07) is 30.8. The summed E-state index contributed by atoms with van der Waals surface area (Å²) in [7, 11) is 0. The minimum atomic E-state index is 0.0577. The van der Waals surface area contributed by atoms with Gasteiger partial charge in [0, 0.05) is 0 Å². The quantitative estimate of drug-likeness (QED) is 0.294. The second kappa shape index (κ2) is 8.93. The molecular weight excluding hydrogens is 412 g/mol. The van der Waals surface area contributed by atoms with Gasteiger partial charge >= 0.3 is 0 Å². The Morgan fingerprint density at radius 3 is 2.41 bits per heavy atom. The van der Waals surface area contributed by atoms with Crippen LogP contribution in [-0.2, 0) is 24.2 Å². The van der Waals surface area contributed by atoms with Gasteiger partial charge in [-0.1, -0.05) is 103 Å². The van der Waals surface area contributed by atoms with Crippen LogP contribution in [0.2, 0.25) is 0 Å². The first-order valence-corrected chi connectivity index (χ1v) is 11.7. The Morgan fingerprint density at radius 1 is 0.844 bits per heavy atom. The Morgan fingerprint density at radius 2 is 1.56 bits per heavy atom. The van der Waals surface area contributed by atoms with Crippen molar-refractivity contribution in [2.24, 2.45) is 0 Å². The van der Waals surface area contributed by atoms with Crippen molar-refractivity contribution in [2.75, 3.05) is 4.90 Å². The summed E-state index contributed by atoms with van der Waals surface area (Å²) in [4.78, 5) is 20.5. The maximum atomic E-state index is 13.7. The van der Waals surface area contributed by atoms with Gasteiger partial charge in [0.2, 0.25) is 5.91 Å². The van der Waals surface area contributed by atoms with E-state index in [-0.39, 0.29) is 5.91 Å². The average molecular weight is 437 g/mol. The molecule has 1 aromatic heterocycles. The van der Waals surface area contributed by atoms with Crippen molar-refractivity contribution in [1.82, 2.24) is 4.98 Å². The highest BCUT2D eigenvalue weighted by atomic mass is 32.1. The average Bonchev–Trinajstić information content (AvgIpc) is 3.27. The summed E-state index contributed by atoms with van der Waals surface area (Å²) in [5, 5.41) is 3.04. The zero-order valence-electron chi connectivity index (χ0n) is 18.0. The Balaban J connectivity index is 1.54. The highest BCUT2D eigenvalue weighted by molar-refractivity contribution is 7.22. The van der Waals surface area contributed by atoms with Crippen molar-refractivity contribution < 1.29 is 4.79 Å². The van der Waals surface area contributed by atoms with Crippen LogP contribution in [0.5, 0.6) is 0 Å². The van der Waals surface area contributed by atoms with Crippen molar-refractivity contribution in [3.05, 3.63) is 108 Å². The minimum absolute atomic E-state index is 0.0577. The lowest BCUT2D eigenvalue weighted by molar-refractivity contribution is -0.118. The fourth-order valence-corrected chi connectivity index (χ4v) is 5.16. The van der Waals surface area contributed by atoms with Crippen LogP contribution in [0.3, 0.4) is 0 Å². The number of fused-ring (bicyclic) bond motifs is 2. The summed E-state index contributed by atoms with van der Waals surface area (Å²) >= 11 is 1.59. The molecule has 5 aromatic rings.